The summed E-state index contributed by atoms with van der Waals surface area (Å²) >= 11 is 6.15. The Morgan fingerprint density at radius 1 is 1.38 bits per heavy atom. The summed E-state index contributed by atoms with van der Waals surface area (Å²) in [4.78, 5) is 0. The van der Waals surface area contributed by atoms with Gasteiger partial charge >= 0.3 is 0 Å². The van der Waals surface area contributed by atoms with Gasteiger partial charge in [0.25, 0.3) is 0 Å². The second kappa shape index (κ2) is 6.51. The molecule has 0 amide bonds. The van der Waals surface area contributed by atoms with Gasteiger partial charge < -0.3 is 0 Å². The van der Waals surface area contributed by atoms with Crippen molar-refractivity contribution in [3.63, 3.8) is 0 Å². The fraction of sp³-hybridized carbons (Fsp3) is 0.357. The predicted molar refractivity (Wildman–Crippen MR) is 77.8 cm³/mol. The number of hydrogen-bond acceptors (Lipinski definition) is 3. The van der Waals surface area contributed by atoms with Gasteiger partial charge in [0.15, 0.2) is 0 Å². The molecule has 114 valence electrons. The van der Waals surface area contributed by atoms with Crippen LogP contribution in [0.4, 0.5) is 8.78 Å². The molecule has 2 rings (SSSR count). The Labute approximate surface area is 126 Å². The molecule has 1 unspecified atom stereocenters. The van der Waals surface area contributed by atoms with Gasteiger partial charge in [-0.2, -0.15) is 5.10 Å². The number of rotatable bonds is 5. The number of nitrogens with one attached hydrogen (secondary N) is 1. The molecule has 0 aliphatic heterocycles. The van der Waals surface area contributed by atoms with Crippen molar-refractivity contribution in [2.24, 2.45) is 5.84 Å². The van der Waals surface area contributed by atoms with Crippen molar-refractivity contribution in [1.29, 1.82) is 0 Å². The monoisotopic (exact) mass is 314 g/mol. The molecule has 3 N–H and O–H groups in total. The lowest BCUT2D eigenvalue weighted by Gasteiger charge is -2.20. The van der Waals surface area contributed by atoms with Crippen molar-refractivity contribution in [3.05, 3.63) is 51.8 Å². The van der Waals surface area contributed by atoms with Crippen LogP contribution in [0.15, 0.2) is 18.3 Å². The zero-order valence-electron chi connectivity index (χ0n) is 11.8. The lowest BCUT2D eigenvalue weighted by molar-refractivity contribution is 0.496. The predicted octanol–water partition coefficient (Wildman–Crippen LogP) is 3.09. The first-order valence-corrected chi connectivity index (χ1v) is 7.00. The Balaban J connectivity index is 2.55. The molecule has 2 aromatic rings. The number of halogens is 3. The Bertz CT molecular complexity index is 642. The third kappa shape index (κ3) is 3.07. The number of nitrogens with two attached hydrogens (primary N) is 1. The molecule has 0 saturated carbocycles. The maximum atomic E-state index is 14.1. The van der Waals surface area contributed by atoms with Crippen molar-refractivity contribution >= 4 is 11.6 Å². The van der Waals surface area contributed by atoms with E-state index in [1.165, 1.54) is 12.3 Å². The normalized spacial score (nSPS) is 12.7. The van der Waals surface area contributed by atoms with Gasteiger partial charge in [-0.15, -0.1) is 0 Å². The number of hydrogen-bond donors (Lipinski definition) is 2. The van der Waals surface area contributed by atoms with E-state index in [0.717, 1.165) is 12.5 Å². The van der Waals surface area contributed by atoms with E-state index in [2.05, 4.69) is 10.5 Å². The van der Waals surface area contributed by atoms with Crippen LogP contribution in [0.3, 0.4) is 0 Å². The van der Waals surface area contributed by atoms with Gasteiger partial charge in [0.1, 0.15) is 11.6 Å². The lowest BCUT2D eigenvalue weighted by Crippen LogP contribution is -2.32. The van der Waals surface area contributed by atoms with E-state index in [0.29, 0.717) is 22.8 Å². The van der Waals surface area contributed by atoms with Crippen LogP contribution in [0.2, 0.25) is 5.02 Å². The lowest BCUT2D eigenvalue weighted by atomic mass is 10.0. The Kier molecular flexibility index (Phi) is 4.92. The molecule has 1 heterocycles. The average molecular weight is 315 g/mol. The smallest absolute Gasteiger partial charge is 0.131 e. The summed E-state index contributed by atoms with van der Waals surface area (Å²) in [6.07, 6.45) is 2.33. The van der Waals surface area contributed by atoms with E-state index in [1.54, 1.807) is 11.6 Å². The molecule has 1 aromatic heterocycles. The highest BCUT2D eigenvalue weighted by Crippen LogP contribution is 2.30. The zero-order chi connectivity index (χ0) is 15.6. The van der Waals surface area contributed by atoms with E-state index in [9.17, 15) is 8.78 Å². The van der Waals surface area contributed by atoms with Crippen LogP contribution in [0, 0.1) is 18.6 Å². The molecule has 21 heavy (non-hydrogen) atoms. The average Bonchev–Trinajstić information content (AvgIpc) is 2.79. The van der Waals surface area contributed by atoms with Crippen LogP contribution in [0.1, 0.15) is 36.2 Å². The van der Waals surface area contributed by atoms with Crippen LogP contribution in [0.25, 0.3) is 0 Å². The standard InChI is InChI=1S/C14H17ClF2N4/c1-3-4-21-14(10(15)7-19-21)13(20-18)9-5-8(2)11(16)6-12(9)17/h5-7,13,20H,3-4,18H2,1-2H3. The fourth-order valence-electron chi connectivity index (χ4n) is 2.27. The topological polar surface area (TPSA) is 55.9 Å². The maximum absolute atomic E-state index is 14.1. The molecule has 1 aromatic carbocycles. The van der Waals surface area contributed by atoms with Gasteiger partial charge in [0.05, 0.1) is 23.0 Å². The number of benzene rings is 1. The van der Waals surface area contributed by atoms with Crippen molar-refractivity contribution < 1.29 is 8.78 Å². The van der Waals surface area contributed by atoms with Gasteiger partial charge in [-0.1, -0.05) is 18.5 Å². The van der Waals surface area contributed by atoms with Crippen molar-refractivity contribution in [2.45, 2.75) is 32.9 Å². The van der Waals surface area contributed by atoms with Gasteiger partial charge in [0.2, 0.25) is 0 Å². The summed E-state index contributed by atoms with van der Waals surface area (Å²) in [5.41, 5.74) is 3.67. The molecule has 0 spiro atoms. The minimum atomic E-state index is -0.703. The quantitative estimate of drug-likeness (QED) is 0.658. The van der Waals surface area contributed by atoms with Crippen LogP contribution in [0.5, 0.6) is 0 Å². The summed E-state index contributed by atoms with van der Waals surface area (Å²) in [7, 11) is 0. The maximum Gasteiger partial charge on any atom is 0.131 e. The first-order valence-electron chi connectivity index (χ1n) is 6.62. The summed E-state index contributed by atoms with van der Waals surface area (Å²) in [5, 5.41) is 4.54. The van der Waals surface area contributed by atoms with E-state index >= 15 is 0 Å². The third-order valence-electron chi connectivity index (χ3n) is 3.30. The van der Waals surface area contributed by atoms with Crippen LogP contribution in [-0.4, -0.2) is 9.78 Å². The molecule has 0 saturated heterocycles. The van der Waals surface area contributed by atoms with Gasteiger partial charge in [0, 0.05) is 18.2 Å². The largest absolute Gasteiger partial charge is 0.271 e. The Hall–Kier alpha value is -1.50. The van der Waals surface area contributed by atoms with Crippen molar-refractivity contribution in [1.82, 2.24) is 15.2 Å². The van der Waals surface area contributed by atoms with Crippen LogP contribution < -0.4 is 11.3 Å². The van der Waals surface area contributed by atoms with Gasteiger partial charge in [-0.05, 0) is 25.0 Å². The number of aryl methyl sites for hydroxylation is 2. The van der Waals surface area contributed by atoms with Crippen molar-refractivity contribution in [2.75, 3.05) is 0 Å². The van der Waals surface area contributed by atoms with Crippen LogP contribution >= 0.6 is 11.6 Å². The highest BCUT2D eigenvalue weighted by atomic mass is 35.5. The highest BCUT2D eigenvalue weighted by Gasteiger charge is 2.24. The highest BCUT2D eigenvalue weighted by molar-refractivity contribution is 6.31. The third-order valence-corrected chi connectivity index (χ3v) is 3.59. The number of nitrogens with zero attached hydrogens (tertiary/aromatic N) is 2. The molecule has 0 aliphatic rings. The van der Waals surface area contributed by atoms with Crippen LogP contribution in [-0.2, 0) is 6.54 Å². The molecular weight excluding hydrogens is 298 g/mol. The number of aromatic nitrogens is 2. The van der Waals surface area contributed by atoms with Gasteiger partial charge in [-0.3, -0.25) is 10.5 Å². The molecule has 0 bridgehead atoms. The molecule has 4 nitrogen and oxygen atoms in total. The first-order chi connectivity index (χ1) is 9.99. The zero-order valence-corrected chi connectivity index (χ0v) is 12.6. The minimum Gasteiger partial charge on any atom is -0.271 e. The minimum absolute atomic E-state index is 0.233. The second-order valence-electron chi connectivity index (χ2n) is 4.82. The molecule has 1 atom stereocenters. The summed E-state index contributed by atoms with van der Waals surface area (Å²) < 4.78 is 29.2. The van der Waals surface area contributed by atoms with Crippen molar-refractivity contribution in [3.8, 4) is 0 Å². The molecular formula is C14H17ClF2N4. The summed E-state index contributed by atoms with van der Waals surface area (Å²) in [5.74, 6) is 4.30. The van der Waals surface area contributed by atoms with Gasteiger partial charge in [-0.25, -0.2) is 14.2 Å². The molecule has 7 heteroatoms. The summed E-state index contributed by atoms with van der Waals surface area (Å²) in [6.45, 7) is 4.19. The SMILES string of the molecule is CCCn1ncc(Cl)c1C(NN)c1cc(C)c(F)cc1F. The fourth-order valence-corrected chi connectivity index (χ4v) is 2.52. The summed E-state index contributed by atoms with van der Waals surface area (Å²) in [6, 6.07) is 1.57. The molecule has 0 aliphatic carbocycles. The van der Waals surface area contributed by atoms with E-state index in [-0.39, 0.29) is 5.56 Å². The Morgan fingerprint density at radius 2 is 2.10 bits per heavy atom. The molecule has 0 fully saturated rings. The van der Waals surface area contributed by atoms with E-state index in [1.807, 2.05) is 6.92 Å². The number of hydrazine groups is 1. The first kappa shape index (κ1) is 15.9. The van der Waals surface area contributed by atoms with E-state index < -0.39 is 17.7 Å². The second-order valence-corrected chi connectivity index (χ2v) is 5.23. The molecule has 0 radical (unpaired) electrons. The van der Waals surface area contributed by atoms with E-state index in [4.69, 9.17) is 17.4 Å². The Morgan fingerprint density at radius 3 is 2.71 bits per heavy atom.